The Labute approximate surface area is 115 Å². The predicted molar refractivity (Wildman–Crippen MR) is 79.5 cm³/mol. The zero-order chi connectivity index (χ0) is 13.5. The lowest BCUT2D eigenvalue weighted by Crippen LogP contribution is -2.57. The summed E-state index contributed by atoms with van der Waals surface area (Å²) in [7, 11) is 2.18. The number of nitrogens with zero attached hydrogens (tertiary/aromatic N) is 2. The van der Waals surface area contributed by atoms with Crippen molar-refractivity contribution in [2.24, 2.45) is 0 Å². The van der Waals surface area contributed by atoms with Crippen LogP contribution in [-0.2, 0) is 0 Å². The van der Waals surface area contributed by atoms with E-state index < -0.39 is 0 Å². The van der Waals surface area contributed by atoms with Crippen LogP contribution in [0.2, 0.25) is 5.02 Å². The van der Waals surface area contributed by atoms with Crippen molar-refractivity contribution in [2.45, 2.75) is 26.3 Å². The van der Waals surface area contributed by atoms with E-state index in [-0.39, 0.29) is 5.54 Å². The van der Waals surface area contributed by atoms with E-state index in [1.807, 2.05) is 12.1 Å². The molecular formula is C14H22ClN3. The summed E-state index contributed by atoms with van der Waals surface area (Å²) in [5.74, 6) is 0. The van der Waals surface area contributed by atoms with Gasteiger partial charge in [-0.2, -0.15) is 0 Å². The molecule has 0 unspecified atom stereocenters. The van der Waals surface area contributed by atoms with Crippen molar-refractivity contribution in [1.82, 2.24) is 4.90 Å². The Morgan fingerprint density at radius 2 is 1.94 bits per heavy atom. The molecule has 0 amide bonds. The van der Waals surface area contributed by atoms with Gasteiger partial charge in [0.2, 0.25) is 0 Å². The molecule has 100 valence electrons. The van der Waals surface area contributed by atoms with E-state index in [1.165, 1.54) is 11.3 Å². The molecule has 18 heavy (non-hydrogen) atoms. The van der Waals surface area contributed by atoms with Crippen LogP contribution in [0.25, 0.3) is 0 Å². The van der Waals surface area contributed by atoms with E-state index in [2.05, 4.69) is 37.6 Å². The molecule has 1 aromatic rings. The van der Waals surface area contributed by atoms with Gasteiger partial charge in [0, 0.05) is 30.9 Å². The predicted octanol–water partition coefficient (Wildman–Crippen LogP) is 2.76. The number of aryl methyl sites for hydroxylation is 1. The Balaban J connectivity index is 2.30. The van der Waals surface area contributed by atoms with Gasteiger partial charge in [0.1, 0.15) is 0 Å². The monoisotopic (exact) mass is 267 g/mol. The third kappa shape index (κ3) is 2.43. The zero-order valence-electron chi connectivity index (χ0n) is 11.6. The van der Waals surface area contributed by atoms with Crippen LogP contribution < -0.4 is 10.6 Å². The molecule has 4 heteroatoms. The van der Waals surface area contributed by atoms with E-state index >= 15 is 0 Å². The molecule has 2 rings (SSSR count). The van der Waals surface area contributed by atoms with Gasteiger partial charge in [0.15, 0.2) is 0 Å². The Hall–Kier alpha value is -0.930. The number of nitrogens with two attached hydrogens (primary N) is 1. The molecule has 1 aromatic carbocycles. The number of hydrogen-bond acceptors (Lipinski definition) is 3. The molecule has 0 spiro atoms. The minimum atomic E-state index is 0.179. The summed E-state index contributed by atoms with van der Waals surface area (Å²) in [4.78, 5) is 4.80. The van der Waals surface area contributed by atoms with Crippen molar-refractivity contribution < 1.29 is 0 Å². The second kappa shape index (κ2) is 4.63. The molecular weight excluding hydrogens is 246 g/mol. The number of anilines is 2. The Bertz CT molecular complexity index is 457. The highest BCUT2D eigenvalue weighted by Crippen LogP contribution is 2.32. The Morgan fingerprint density at radius 1 is 1.28 bits per heavy atom. The summed E-state index contributed by atoms with van der Waals surface area (Å²) < 4.78 is 0. The smallest absolute Gasteiger partial charge is 0.0656 e. The normalized spacial score (nSPS) is 20.2. The fourth-order valence-corrected chi connectivity index (χ4v) is 2.64. The van der Waals surface area contributed by atoms with Gasteiger partial charge in [-0.25, -0.2) is 0 Å². The minimum absolute atomic E-state index is 0.179. The number of piperazine rings is 1. The second-order valence-corrected chi connectivity index (χ2v) is 6.22. The van der Waals surface area contributed by atoms with Crippen molar-refractivity contribution in [3.05, 3.63) is 22.7 Å². The average Bonchev–Trinajstić information content (AvgIpc) is 2.27. The molecule has 1 saturated heterocycles. The van der Waals surface area contributed by atoms with E-state index in [0.717, 1.165) is 19.6 Å². The molecule has 1 aliphatic heterocycles. The summed E-state index contributed by atoms with van der Waals surface area (Å²) in [6.45, 7) is 9.73. The summed E-state index contributed by atoms with van der Waals surface area (Å²) in [6.07, 6.45) is 0. The highest BCUT2D eigenvalue weighted by Gasteiger charge is 2.31. The summed E-state index contributed by atoms with van der Waals surface area (Å²) in [5.41, 5.74) is 9.07. The molecule has 0 saturated carbocycles. The summed E-state index contributed by atoms with van der Waals surface area (Å²) in [5, 5.41) is 0.646. The molecule has 0 radical (unpaired) electrons. The topological polar surface area (TPSA) is 32.5 Å². The zero-order valence-corrected chi connectivity index (χ0v) is 12.4. The van der Waals surface area contributed by atoms with Crippen LogP contribution in [0.3, 0.4) is 0 Å². The first-order valence-electron chi connectivity index (χ1n) is 6.33. The first kappa shape index (κ1) is 13.5. The molecule has 1 heterocycles. The lowest BCUT2D eigenvalue weighted by molar-refractivity contribution is 0.139. The first-order valence-corrected chi connectivity index (χ1v) is 6.71. The van der Waals surface area contributed by atoms with Crippen molar-refractivity contribution >= 4 is 23.0 Å². The third-order valence-corrected chi connectivity index (χ3v) is 4.30. The van der Waals surface area contributed by atoms with Crippen LogP contribution in [0.15, 0.2) is 12.1 Å². The van der Waals surface area contributed by atoms with Gasteiger partial charge in [-0.3, -0.25) is 4.90 Å². The number of rotatable bonds is 1. The molecule has 2 N–H and O–H groups in total. The van der Waals surface area contributed by atoms with E-state index in [9.17, 15) is 0 Å². The highest BCUT2D eigenvalue weighted by atomic mass is 35.5. The number of nitrogen functional groups attached to an aromatic ring is 1. The number of benzene rings is 1. The summed E-state index contributed by atoms with van der Waals surface area (Å²) >= 11 is 6.14. The van der Waals surface area contributed by atoms with Crippen LogP contribution in [0, 0.1) is 6.92 Å². The lowest BCUT2D eigenvalue weighted by Gasteiger charge is -2.46. The lowest BCUT2D eigenvalue weighted by atomic mass is 9.98. The quantitative estimate of drug-likeness (QED) is 0.794. The Kier molecular flexibility index (Phi) is 3.47. The largest absolute Gasteiger partial charge is 0.398 e. The van der Waals surface area contributed by atoms with E-state index in [4.69, 9.17) is 17.3 Å². The number of halogens is 1. The van der Waals surface area contributed by atoms with Gasteiger partial charge in [0.05, 0.1) is 10.7 Å². The van der Waals surface area contributed by atoms with Crippen LogP contribution in [0.4, 0.5) is 11.4 Å². The molecule has 1 aliphatic rings. The van der Waals surface area contributed by atoms with Crippen LogP contribution in [0.1, 0.15) is 19.4 Å². The van der Waals surface area contributed by atoms with Gasteiger partial charge in [-0.15, -0.1) is 0 Å². The van der Waals surface area contributed by atoms with Crippen molar-refractivity contribution in [3.63, 3.8) is 0 Å². The average molecular weight is 268 g/mol. The van der Waals surface area contributed by atoms with Crippen LogP contribution in [0.5, 0.6) is 0 Å². The van der Waals surface area contributed by atoms with E-state index in [1.54, 1.807) is 0 Å². The first-order chi connectivity index (χ1) is 8.31. The Morgan fingerprint density at radius 3 is 2.56 bits per heavy atom. The molecule has 0 aromatic heterocycles. The van der Waals surface area contributed by atoms with Crippen molar-refractivity contribution in [1.29, 1.82) is 0 Å². The van der Waals surface area contributed by atoms with Gasteiger partial charge in [-0.05, 0) is 45.5 Å². The van der Waals surface area contributed by atoms with Crippen LogP contribution >= 0.6 is 11.6 Å². The highest BCUT2D eigenvalue weighted by molar-refractivity contribution is 6.33. The maximum Gasteiger partial charge on any atom is 0.0656 e. The molecule has 3 nitrogen and oxygen atoms in total. The number of likely N-dealkylation sites (N-methyl/N-ethyl adjacent to an activating group) is 1. The maximum absolute atomic E-state index is 6.14. The fourth-order valence-electron chi connectivity index (χ4n) is 2.48. The van der Waals surface area contributed by atoms with E-state index in [0.29, 0.717) is 10.7 Å². The fraction of sp³-hybridized carbons (Fsp3) is 0.571. The molecule has 1 fully saturated rings. The van der Waals surface area contributed by atoms with Gasteiger partial charge in [0.25, 0.3) is 0 Å². The summed E-state index contributed by atoms with van der Waals surface area (Å²) in [6, 6.07) is 3.95. The minimum Gasteiger partial charge on any atom is -0.398 e. The maximum atomic E-state index is 6.14. The molecule has 0 aliphatic carbocycles. The molecule has 0 bridgehead atoms. The van der Waals surface area contributed by atoms with Gasteiger partial charge in [-0.1, -0.05) is 11.6 Å². The standard InChI is InChI=1S/C14H22ClN3/c1-10-7-12(16)11(15)8-13(10)18-6-5-17(4)14(2,3)9-18/h7-8H,5-6,9,16H2,1-4H3. The van der Waals surface area contributed by atoms with Gasteiger partial charge >= 0.3 is 0 Å². The third-order valence-electron chi connectivity index (χ3n) is 3.97. The second-order valence-electron chi connectivity index (χ2n) is 5.82. The SMILES string of the molecule is Cc1cc(N)c(Cl)cc1N1CCN(C)C(C)(C)C1. The van der Waals surface area contributed by atoms with Crippen molar-refractivity contribution in [3.8, 4) is 0 Å². The van der Waals surface area contributed by atoms with Gasteiger partial charge < -0.3 is 10.6 Å². The number of hydrogen-bond donors (Lipinski definition) is 1. The molecule has 0 atom stereocenters. The van der Waals surface area contributed by atoms with Crippen LogP contribution in [-0.4, -0.2) is 37.1 Å². The van der Waals surface area contributed by atoms with Crippen molar-refractivity contribution in [2.75, 3.05) is 37.3 Å².